The summed E-state index contributed by atoms with van der Waals surface area (Å²) in [7, 11) is 0. The molecular formula is C56H37NO. The minimum atomic E-state index is 0.904. The van der Waals surface area contributed by atoms with Gasteiger partial charge in [0.2, 0.25) is 0 Å². The van der Waals surface area contributed by atoms with Crippen molar-refractivity contribution in [1.29, 1.82) is 0 Å². The van der Waals surface area contributed by atoms with Crippen molar-refractivity contribution in [2.75, 3.05) is 4.90 Å². The molecule has 272 valence electrons. The Kier molecular flexibility index (Phi) is 8.19. The zero-order valence-corrected chi connectivity index (χ0v) is 31.7. The van der Waals surface area contributed by atoms with E-state index >= 15 is 0 Å². The third-order valence-corrected chi connectivity index (χ3v) is 11.5. The van der Waals surface area contributed by atoms with Crippen LogP contribution in [0.2, 0.25) is 0 Å². The Morgan fingerprint density at radius 1 is 0.293 bits per heavy atom. The molecule has 0 bridgehead atoms. The van der Waals surface area contributed by atoms with Crippen molar-refractivity contribution in [2.45, 2.75) is 0 Å². The number of fused-ring (bicyclic) bond motifs is 5. The lowest BCUT2D eigenvalue weighted by atomic mass is 9.95. The molecule has 0 saturated heterocycles. The molecule has 0 N–H and O–H groups in total. The Balaban J connectivity index is 1.03. The summed E-state index contributed by atoms with van der Waals surface area (Å²) < 4.78 is 6.44. The zero-order chi connectivity index (χ0) is 38.4. The first-order valence-electron chi connectivity index (χ1n) is 19.8. The van der Waals surface area contributed by atoms with Crippen molar-refractivity contribution >= 4 is 60.5 Å². The first-order chi connectivity index (χ1) is 28.7. The van der Waals surface area contributed by atoms with E-state index in [0.29, 0.717) is 0 Å². The van der Waals surface area contributed by atoms with Gasteiger partial charge in [-0.25, -0.2) is 0 Å². The highest BCUT2D eigenvalue weighted by molar-refractivity contribution is 6.09. The summed E-state index contributed by atoms with van der Waals surface area (Å²) >= 11 is 0. The van der Waals surface area contributed by atoms with Gasteiger partial charge < -0.3 is 9.32 Å². The monoisotopic (exact) mass is 739 g/mol. The van der Waals surface area contributed by atoms with Crippen molar-refractivity contribution in [3.05, 3.63) is 224 Å². The van der Waals surface area contributed by atoms with Crippen LogP contribution in [0.15, 0.2) is 229 Å². The molecule has 0 aliphatic carbocycles. The van der Waals surface area contributed by atoms with Gasteiger partial charge in [0.15, 0.2) is 0 Å². The Morgan fingerprint density at radius 2 is 0.793 bits per heavy atom. The van der Waals surface area contributed by atoms with Crippen LogP contribution in [-0.4, -0.2) is 0 Å². The van der Waals surface area contributed by atoms with E-state index < -0.39 is 0 Å². The van der Waals surface area contributed by atoms with Gasteiger partial charge in [-0.3, -0.25) is 0 Å². The Morgan fingerprint density at radius 3 is 1.52 bits per heavy atom. The van der Waals surface area contributed by atoms with Gasteiger partial charge >= 0.3 is 0 Å². The molecule has 0 amide bonds. The Labute approximate surface area is 337 Å². The summed E-state index contributed by atoms with van der Waals surface area (Å²) in [6, 6.07) is 80.8. The third-order valence-electron chi connectivity index (χ3n) is 11.5. The standard InChI is InChI=1S/C56H37NO/c1-3-13-42-35-45(25-23-38(42)11-1)40-27-31-48(32-28-40)57(49-33-29-41(30-34-49)51-19-10-20-53-52-18-6-8-22-55(52)58-56(51)53)54-21-7-5-17-50(54)47-16-9-15-44(37-47)46-26-24-39-12-2-4-14-43(39)36-46/h1-37H. The maximum absolute atomic E-state index is 6.44. The van der Waals surface area contributed by atoms with E-state index in [0.717, 1.165) is 61.3 Å². The van der Waals surface area contributed by atoms with Crippen LogP contribution >= 0.6 is 0 Å². The molecule has 0 atom stereocenters. The number of anilines is 3. The van der Waals surface area contributed by atoms with Gasteiger partial charge in [0.1, 0.15) is 11.2 Å². The molecule has 0 aliphatic heterocycles. The largest absolute Gasteiger partial charge is 0.455 e. The lowest BCUT2D eigenvalue weighted by molar-refractivity contribution is 0.670. The SMILES string of the molecule is c1cc(-c2ccc3ccccc3c2)cc(-c2ccccc2N(c2ccc(-c3ccc4ccccc4c3)cc2)c2ccc(-c3cccc4c3oc3ccccc34)cc2)c1. The fraction of sp³-hybridized carbons (Fsp3) is 0. The second-order valence-corrected chi connectivity index (χ2v) is 14.9. The van der Waals surface area contributed by atoms with E-state index in [1.165, 1.54) is 43.8 Å². The van der Waals surface area contributed by atoms with Gasteiger partial charge in [-0.2, -0.15) is 0 Å². The molecule has 2 heteroatoms. The lowest BCUT2D eigenvalue weighted by Gasteiger charge is -2.28. The van der Waals surface area contributed by atoms with Crippen LogP contribution in [0.4, 0.5) is 17.1 Å². The van der Waals surface area contributed by atoms with Crippen molar-refractivity contribution in [1.82, 2.24) is 0 Å². The predicted octanol–water partition coefficient (Wildman–Crippen LogP) is 16.0. The van der Waals surface area contributed by atoms with E-state index in [1.54, 1.807) is 0 Å². The highest BCUT2D eigenvalue weighted by Gasteiger charge is 2.19. The van der Waals surface area contributed by atoms with Crippen LogP contribution < -0.4 is 4.90 Å². The fourth-order valence-electron chi connectivity index (χ4n) is 8.51. The predicted molar refractivity (Wildman–Crippen MR) is 245 cm³/mol. The number of rotatable bonds is 7. The number of hydrogen-bond acceptors (Lipinski definition) is 2. The maximum atomic E-state index is 6.44. The van der Waals surface area contributed by atoms with Gasteiger partial charge in [-0.15, -0.1) is 0 Å². The normalized spacial score (nSPS) is 11.4. The first kappa shape index (κ1) is 33.6. The van der Waals surface area contributed by atoms with Crippen LogP contribution in [0, 0.1) is 0 Å². The van der Waals surface area contributed by atoms with E-state index in [-0.39, 0.29) is 0 Å². The molecule has 0 unspecified atom stereocenters. The Hall–Kier alpha value is -7.68. The molecule has 1 heterocycles. The molecule has 0 saturated carbocycles. The highest BCUT2D eigenvalue weighted by atomic mass is 16.3. The zero-order valence-electron chi connectivity index (χ0n) is 31.7. The number of hydrogen-bond donors (Lipinski definition) is 0. The van der Waals surface area contributed by atoms with Crippen molar-refractivity contribution in [3.8, 4) is 44.5 Å². The van der Waals surface area contributed by atoms with Crippen LogP contribution in [0.5, 0.6) is 0 Å². The van der Waals surface area contributed by atoms with Crippen LogP contribution in [0.25, 0.3) is 88.0 Å². The summed E-state index contributed by atoms with van der Waals surface area (Å²) in [5.41, 5.74) is 14.3. The van der Waals surface area contributed by atoms with Crippen LogP contribution in [0.1, 0.15) is 0 Å². The smallest absolute Gasteiger partial charge is 0.143 e. The van der Waals surface area contributed by atoms with Gasteiger partial charge in [0, 0.05) is 33.3 Å². The molecule has 10 aromatic carbocycles. The molecule has 1 aromatic heterocycles. The minimum absolute atomic E-state index is 0.904. The third kappa shape index (κ3) is 6.00. The summed E-state index contributed by atoms with van der Waals surface area (Å²) in [5, 5.41) is 7.24. The molecule has 0 fully saturated rings. The van der Waals surface area contributed by atoms with Gasteiger partial charge in [-0.05, 0) is 110 Å². The molecule has 0 radical (unpaired) electrons. The first-order valence-corrected chi connectivity index (χ1v) is 19.8. The highest BCUT2D eigenvalue weighted by Crippen LogP contribution is 2.43. The molecule has 2 nitrogen and oxygen atoms in total. The van der Waals surface area contributed by atoms with E-state index in [2.05, 4.69) is 217 Å². The Bertz CT molecular complexity index is 3280. The summed E-state index contributed by atoms with van der Waals surface area (Å²) in [5.74, 6) is 0. The average molecular weight is 740 g/mol. The summed E-state index contributed by atoms with van der Waals surface area (Å²) in [4.78, 5) is 2.38. The van der Waals surface area contributed by atoms with E-state index in [4.69, 9.17) is 4.42 Å². The van der Waals surface area contributed by atoms with Gasteiger partial charge in [0.25, 0.3) is 0 Å². The number of para-hydroxylation sites is 3. The topological polar surface area (TPSA) is 16.4 Å². The number of nitrogens with zero attached hydrogens (tertiary/aromatic N) is 1. The quantitative estimate of drug-likeness (QED) is 0.162. The summed E-state index contributed by atoms with van der Waals surface area (Å²) in [6.07, 6.45) is 0. The molecule has 0 spiro atoms. The van der Waals surface area contributed by atoms with Gasteiger partial charge in [-0.1, -0.05) is 170 Å². The van der Waals surface area contributed by atoms with E-state index in [9.17, 15) is 0 Å². The molecule has 11 aromatic rings. The lowest BCUT2D eigenvalue weighted by Crippen LogP contribution is -2.11. The number of benzene rings is 10. The van der Waals surface area contributed by atoms with Gasteiger partial charge in [0.05, 0.1) is 5.69 Å². The minimum Gasteiger partial charge on any atom is -0.455 e. The van der Waals surface area contributed by atoms with Crippen LogP contribution in [-0.2, 0) is 0 Å². The van der Waals surface area contributed by atoms with E-state index in [1.807, 2.05) is 12.1 Å². The molecule has 11 rings (SSSR count). The summed E-state index contributed by atoms with van der Waals surface area (Å²) in [6.45, 7) is 0. The second-order valence-electron chi connectivity index (χ2n) is 14.9. The maximum Gasteiger partial charge on any atom is 0.143 e. The van der Waals surface area contributed by atoms with Crippen LogP contribution in [0.3, 0.4) is 0 Å². The van der Waals surface area contributed by atoms with Crippen molar-refractivity contribution in [2.24, 2.45) is 0 Å². The molecular weight excluding hydrogens is 703 g/mol. The van der Waals surface area contributed by atoms with Crippen molar-refractivity contribution in [3.63, 3.8) is 0 Å². The van der Waals surface area contributed by atoms with Crippen molar-refractivity contribution < 1.29 is 4.42 Å². The number of furan rings is 1. The fourth-order valence-corrected chi connectivity index (χ4v) is 8.51. The molecule has 58 heavy (non-hydrogen) atoms. The average Bonchev–Trinajstić information content (AvgIpc) is 3.69. The molecule has 0 aliphatic rings. The second kappa shape index (κ2) is 14.1.